The highest BCUT2D eigenvalue weighted by molar-refractivity contribution is 5.38. The van der Waals surface area contributed by atoms with Gasteiger partial charge in [-0.25, -0.2) is 0 Å². The summed E-state index contributed by atoms with van der Waals surface area (Å²) in [5, 5.41) is 19.2. The molecule has 2 unspecified atom stereocenters. The molecule has 2 aromatic rings. The molecule has 0 amide bonds. The second kappa shape index (κ2) is 6.85. The first-order chi connectivity index (χ1) is 10.1. The molecule has 0 aromatic heterocycles. The number of phenols is 2. The fraction of sp³-hybridized carbons (Fsp3) is 0.250. The number of aromatic hydroxyl groups is 2. The number of hydrogen-bond donors (Lipinski definition) is 2. The van der Waals surface area contributed by atoms with Crippen molar-refractivity contribution in [1.82, 2.24) is 0 Å². The standard InChI is InChI=1S/C16H18O5/c1-11(20-15-9-5-3-7-13(15)17)19-12(2)21-16-10-6-4-8-14(16)18/h3-12,17-18H,1-2H3. The number of rotatable bonds is 6. The summed E-state index contributed by atoms with van der Waals surface area (Å²) in [4.78, 5) is 0. The van der Waals surface area contributed by atoms with Crippen LogP contribution in [-0.2, 0) is 4.74 Å². The van der Waals surface area contributed by atoms with E-state index in [9.17, 15) is 10.2 Å². The highest BCUT2D eigenvalue weighted by Gasteiger charge is 2.14. The summed E-state index contributed by atoms with van der Waals surface area (Å²) >= 11 is 0. The lowest BCUT2D eigenvalue weighted by Crippen LogP contribution is -2.26. The molecule has 0 heterocycles. The summed E-state index contributed by atoms with van der Waals surface area (Å²) in [6.07, 6.45) is -1.25. The Morgan fingerprint density at radius 1 is 0.714 bits per heavy atom. The van der Waals surface area contributed by atoms with E-state index < -0.39 is 12.6 Å². The van der Waals surface area contributed by atoms with E-state index >= 15 is 0 Å². The molecule has 2 N–H and O–H groups in total. The number of ether oxygens (including phenoxy) is 3. The summed E-state index contributed by atoms with van der Waals surface area (Å²) in [5.41, 5.74) is 0. The molecule has 2 aromatic carbocycles. The van der Waals surface area contributed by atoms with Crippen LogP contribution in [0.15, 0.2) is 48.5 Å². The van der Waals surface area contributed by atoms with Crippen molar-refractivity contribution in [2.24, 2.45) is 0 Å². The number of para-hydroxylation sites is 4. The highest BCUT2D eigenvalue weighted by atomic mass is 16.8. The van der Waals surface area contributed by atoms with Gasteiger partial charge in [-0.3, -0.25) is 0 Å². The van der Waals surface area contributed by atoms with Crippen molar-refractivity contribution in [1.29, 1.82) is 0 Å². The van der Waals surface area contributed by atoms with E-state index in [2.05, 4.69) is 0 Å². The maximum Gasteiger partial charge on any atom is 0.201 e. The first kappa shape index (κ1) is 15.0. The van der Waals surface area contributed by atoms with E-state index in [1.165, 1.54) is 12.1 Å². The second-order valence-corrected chi connectivity index (χ2v) is 4.44. The molecule has 0 saturated heterocycles. The predicted molar refractivity (Wildman–Crippen MR) is 77.5 cm³/mol. The summed E-state index contributed by atoms with van der Waals surface area (Å²) < 4.78 is 16.4. The largest absolute Gasteiger partial charge is 0.504 e. The molecular weight excluding hydrogens is 272 g/mol. The molecule has 0 radical (unpaired) electrons. The van der Waals surface area contributed by atoms with E-state index in [0.717, 1.165) is 0 Å². The van der Waals surface area contributed by atoms with Gasteiger partial charge < -0.3 is 24.4 Å². The first-order valence-corrected chi connectivity index (χ1v) is 6.61. The SMILES string of the molecule is CC(Oc1ccccc1O)OC(C)Oc1ccccc1O. The Morgan fingerprint density at radius 2 is 1.10 bits per heavy atom. The molecule has 0 spiro atoms. The Balaban J connectivity index is 1.89. The van der Waals surface area contributed by atoms with Crippen LogP contribution >= 0.6 is 0 Å². The minimum atomic E-state index is -0.626. The van der Waals surface area contributed by atoms with Crippen molar-refractivity contribution in [3.63, 3.8) is 0 Å². The van der Waals surface area contributed by atoms with Gasteiger partial charge in [-0.15, -0.1) is 0 Å². The van der Waals surface area contributed by atoms with Gasteiger partial charge in [0.05, 0.1) is 0 Å². The Labute approximate surface area is 123 Å². The average molecular weight is 290 g/mol. The topological polar surface area (TPSA) is 68.2 Å². The number of hydrogen-bond acceptors (Lipinski definition) is 5. The summed E-state index contributed by atoms with van der Waals surface area (Å²) in [6, 6.07) is 13.3. The van der Waals surface area contributed by atoms with E-state index in [4.69, 9.17) is 14.2 Å². The molecule has 0 saturated carbocycles. The van der Waals surface area contributed by atoms with Gasteiger partial charge >= 0.3 is 0 Å². The van der Waals surface area contributed by atoms with Gasteiger partial charge in [0, 0.05) is 0 Å². The van der Waals surface area contributed by atoms with Crippen LogP contribution in [0.2, 0.25) is 0 Å². The Bertz CT molecular complexity index is 533. The second-order valence-electron chi connectivity index (χ2n) is 4.44. The van der Waals surface area contributed by atoms with Gasteiger partial charge in [0.25, 0.3) is 0 Å². The molecule has 0 aliphatic rings. The zero-order valence-corrected chi connectivity index (χ0v) is 11.9. The molecule has 5 heteroatoms. The Kier molecular flexibility index (Phi) is 4.90. The van der Waals surface area contributed by atoms with Crippen LogP contribution in [0.25, 0.3) is 0 Å². The normalized spacial score (nSPS) is 13.4. The fourth-order valence-corrected chi connectivity index (χ4v) is 1.80. The third-order valence-corrected chi connectivity index (χ3v) is 2.70. The number of phenolic OH excluding ortho intramolecular Hbond substituents is 2. The molecule has 2 rings (SSSR count). The van der Waals surface area contributed by atoms with Crippen molar-refractivity contribution in [2.75, 3.05) is 0 Å². The predicted octanol–water partition coefficient (Wildman–Crippen LogP) is 3.26. The van der Waals surface area contributed by atoms with Crippen LogP contribution in [0.3, 0.4) is 0 Å². The van der Waals surface area contributed by atoms with Gasteiger partial charge in [-0.05, 0) is 38.1 Å². The minimum Gasteiger partial charge on any atom is -0.504 e. The molecule has 0 aliphatic heterocycles. The lowest BCUT2D eigenvalue weighted by Gasteiger charge is -2.21. The molecule has 5 nitrogen and oxygen atoms in total. The molecule has 2 atom stereocenters. The van der Waals surface area contributed by atoms with Crippen LogP contribution in [0.1, 0.15) is 13.8 Å². The molecule has 0 bridgehead atoms. The van der Waals surface area contributed by atoms with E-state index in [0.29, 0.717) is 11.5 Å². The quantitative estimate of drug-likeness (QED) is 0.799. The maximum atomic E-state index is 9.62. The molecule has 21 heavy (non-hydrogen) atoms. The third-order valence-electron chi connectivity index (χ3n) is 2.70. The van der Waals surface area contributed by atoms with Crippen LogP contribution in [0.4, 0.5) is 0 Å². The lowest BCUT2D eigenvalue weighted by atomic mass is 10.3. The highest BCUT2D eigenvalue weighted by Crippen LogP contribution is 2.27. The maximum absolute atomic E-state index is 9.62. The van der Waals surface area contributed by atoms with Crippen LogP contribution in [0.5, 0.6) is 23.0 Å². The fourth-order valence-electron chi connectivity index (χ4n) is 1.80. The van der Waals surface area contributed by atoms with Crippen molar-refractivity contribution in [3.05, 3.63) is 48.5 Å². The van der Waals surface area contributed by atoms with Gasteiger partial charge in [-0.1, -0.05) is 24.3 Å². The molecule has 0 fully saturated rings. The summed E-state index contributed by atoms with van der Waals surface area (Å²) in [5.74, 6) is 0.754. The van der Waals surface area contributed by atoms with Crippen molar-refractivity contribution < 1.29 is 24.4 Å². The van der Waals surface area contributed by atoms with Crippen molar-refractivity contribution >= 4 is 0 Å². The Morgan fingerprint density at radius 3 is 1.48 bits per heavy atom. The lowest BCUT2D eigenvalue weighted by molar-refractivity contribution is -0.168. The summed E-state index contributed by atoms with van der Waals surface area (Å²) in [6.45, 7) is 3.38. The van der Waals surface area contributed by atoms with Gasteiger partial charge in [-0.2, -0.15) is 0 Å². The van der Waals surface area contributed by atoms with Crippen molar-refractivity contribution in [3.8, 4) is 23.0 Å². The molecule has 0 aliphatic carbocycles. The third kappa shape index (κ3) is 4.29. The summed E-state index contributed by atoms with van der Waals surface area (Å²) in [7, 11) is 0. The minimum absolute atomic E-state index is 0.0437. The zero-order valence-electron chi connectivity index (χ0n) is 11.9. The average Bonchev–Trinajstić information content (AvgIpc) is 2.44. The van der Waals surface area contributed by atoms with Gasteiger partial charge in [0.1, 0.15) is 0 Å². The van der Waals surface area contributed by atoms with E-state index in [1.54, 1.807) is 50.2 Å². The Hall–Kier alpha value is -2.40. The molecular formula is C16H18O5. The zero-order chi connectivity index (χ0) is 15.2. The number of benzene rings is 2. The first-order valence-electron chi connectivity index (χ1n) is 6.61. The van der Waals surface area contributed by atoms with Gasteiger partial charge in [0.15, 0.2) is 23.0 Å². The van der Waals surface area contributed by atoms with Crippen LogP contribution in [-0.4, -0.2) is 22.8 Å². The molecule has 112 valence electrons. The van der Waals surface area contributed by atoms with E-state index in [-0.39, 0.29) is 11.5 Å². The van der Waals surface area contributed by atoms with Crippen LogP contribution in [0, 0.1) is 0 Å². The van der Waals surface area contributed by atoms with Crippen LogP contribution < -0.4 is 9.47 Å². The van der Waals surface area contributed by atoms with E-state index in [1.807, 2.05) is 0 Å². The monoisotopic (exact) mass is 290 g/mol. The van der Waals surface area contributed by atoms with Crippen molar-refractivity contribution in [2.45, 2.75) is 26.4 Å². The smallest absolute Gasteiger partial charge is 0.201 e. The van der Waals surface area contributed by atoms with Gasteiger partial charge in [0.2, 0.25) is 12.6 Å².